The van der Waals surface area contributed by atoms with Gasteiger partial charge >= 0.3 is 12.0 Å². The van der Waals surface area contributed by atoms with Crippen molar-refractivity contribution >= 4 is 17.7 Å². The number of hydrogen-bond acceptors (Lipinski definition) is 6. The number of hydrogen-bond donors (Lipinski definition) is 2. The van der Waals surface area contributed by atoms with Crippen LogP contribution in [0.5, 0.6) is 0 Å². The molecule has 2 heterocycles. The standard InChI is InChI=1S/C19H28N6O3/c1-4-28-17(26)9-7-5-6-8-10-25-13-16(23-24-25)18-14(2)11-15(12-21-18)22-19(27)20-3/h11-13H,4-10H2,1-3H3,(H2,20,22,27). The lowest BCUT2D eigenvalue weighted by Gasteiger charge is -2.07. The van der Waals surface area contributed by atoms with E-state index in [4.69, 9.17) is 4.74 Å². The Labute approximate surface area is 164 Å². The molecule has 0 spiro atoms. The largest absolute Gasteiger partial charge is 0.466 e. The fraction of sp³-hybridized carbons (Fsp3) is 0.526. The molecule has 2 aromatic heterocycles. The Bertz CT molecular complexity index is 790. The van der Waals surface area contributed by atoms with Crippen LogP contribution < -0.4 is 10.6 Å². The van der Waals surface area contributed by atoms with E-state index in [0.29, 0.717) is 24.4 Å². The lowest BCUT2D eigenvalue weighted by molar-refractivity contribution is -0.143. The summed E-state index contributed by atoms with van der Waals surface area (Å²) < 4.78 is 6.72. The van der Waals surface area contributed by atoms with Gasteiger partial charge in [-0.2, -0.15) is 0 Å². The van der Waals surface area contributed by atoms with Gasteiger partial charge in [0.2, 0.25) is 0 Å². The third-order valence-electron chi connectivity index (χ3n) is 4.17. The van der Waals surface area contributed by atoms with E-state index in [0.717, 1.165) is 43.5 Å². The maximum Gasteiger partial charge on any atom is 0.319 e. The van der Waals surface area contributed by atoms with Crippen molar-refractivity contribution in [3.63, 3.8) is 0 Å². The predicted octanol–water partition coefficient (Wildman–Crippen LogP) is 2.91. The van der Waals surface area contributed by atoms with Crippen molar-refractivity contribution in [3.8, 4) is 11.4 Å². The average molecular weight is 388 g/mol. The molecule has 9 heteroatoms. The molecular weight excluding hydrogens is 360 g/mol. The Kier molecular flexibility index (Phi) is 8.38. The number of carbonyl (C=O) groups excluding carboxylic acids is 2. The Morgan fingerprint density at radius 3 is 2.71 bits per heavy atom. The number of esters is 1. The molecule has 9 nitrogen and oxygen atoms in total. The summed E-state index contributed by atoms with van der Waals surface area (Å²) in [5.74, 6) is -0.122. The number of aromatic nitrogens is 4. The van der Waals surface area contributed by atoms with E-state index >= 15 is 0 Å². The Morgan fingerprint density at radius 2 is 2.00 bits per heavy atom. The third kappa shape index (κ3) is 6.64. The van der Waals surface area contributed by atoms with Crippen LogP contribution >= 0.6 is 0 Å². The topological polar surface area (TPSA) is 111 Å². The quantitative estimate of drug-likeness (QED) is 0.478. The SMILES string of the molecule is CCOC(=O)CCCCCCn1cc(-c2ncc(NC(=O)NC)cc2C)nn1. The zero-order valence-electron chi connectivity index (χ0n) is 16.7. The van der Waals surface area contributed by atoms with Crippen molar-refractivity contribution in [2.45, 2.75) is 52.5 Å². The number of ether oxygens (including phenoxy) is 1. The lowest BCUT2D eigenvalue weighted by Crippen LogP contribution is -2.24. The highest BCUT2D eigenvalue weighted by atomic mass is 16.5. The highest BCUT2D eigenvalue weighted by molar-refractivity contribution is 5.89. The van der Waals surface area contributed by atoms with Crippen LogP contribution in [0.1, 0.15) is 44.6 Å². The zero-order chi connectivity index (χ0) is 20.4. The molecule has 0 atom stereocenters. The van der Waals surface area contributed by atoms with E-state index in [9.17, 15) is 9.59 Å². The zero-order valence-corrected chi connectivity index (χ0v) is 16.7. The Balaban J connectivity index is 1.80. The highest BCUT2D eigenvalue weighted by Crippen LogP contribution is 2.21. The number of nitrogens with zero attached hydrogens (tertiary/aromatic N) is 4. The summed E-state index contributed by atoms with van der Waals surface area (Å²) >= 11 is 0. The molecule has 0 fully saturated rings. The maximum absolute atomic E-state index is 11.4. The minimum Gasteiger partial charge on any atom is -0.466 e. The molecule has 0 radical (unpaired) electrons. The van der Waals surface area contributed by atoms with Gasteiger partial charge in [-0.1, -0.05) is 18.1 Å². The lowest BCUT2D eigenvalue weighted by atomic mass is 10.1. The number of aryl methyl sites for hydroxylation is 2. The van der Waals surface area contributed by atoms with E-state index in [1.807, 2.05) is 26.1 Å². The number of nitrogens with one attached hydrogen (secondary N) is 2. The van der Waals surface area contributed by atoms with Crippen LogP contribution in [0.4, 0.5) is 10.5 Å². The first-order valence-electron chi connectivity index (χ1n) is 9.55. The molecule has 28 heavy (non-hydrogen) atoms. The first-order valence-corrected chi connectivity index (χ1v) is 9.55. The van der Waals surface area contributed by atoms with E-state index in [1.165, 1.54) is 0 Å². The number of rotatable bonds is 10. The molecule has 0 saturated carbocycles. The molecule has 0 aliphatic heterocycles. The van der Waals surface area contributed by atoms with Gasteiger partial charge in [-0.05, 0) is 38.3 Å². The molecule has 2 rings (SSSR count). The van der Waals surface area contributed by atoms with E-state index < -0.39 is 0 Å². The van der Waals surface area contributed by atoms with Crippen molar-refractivity contribution in [1.82, 2.24) is 25.3 Å². The van der Waals surface area contributed by atoms with E-state index in [1.54, 1.807) is 17.9 Å². The van der Waals surface area contributed by atoms with Gasteiger partial charge in [-0.25, -0.2) is 4.79 Å². The number of carbonyl (C=O) groups is 2. The van der Waals surface area contributed by atoms with Crippen LogP contribution in [0.3, 0.4) is 0 Å². The Morgan fingerprint density at radius 1 is 1.21 bits per heavy atom. The van der Waals surface area contributed by atoms with Crippen molar-refractivity contribution < 1.29 is 14.3 Å². The molecule has 2 N–H and O–H groups in total. The van der Waals surface area contributed by atoms with Gasteiger partial charge in [0, 0.05) is 20.0 Å². The second kappa shape index (κ2) is 11.0. The summed E-state index contributed by atoms with van der Waals surface area (Å²) in [6.45, 7) is 4.94. The number of pyridine rings is 1. The highest BCUT2D eigenvalue weighted by Gasteiger charge is 2.10. The summed E-state index contributed by atoms with van der Waals surface area (Å²) in [5.41, 5.74) is 2.96. The van der Waals surface area contributed by atoms with Gasteiger partial charge in [-0.3, -0.25) is 14.5 Å². The smallest absolute Gasteiger partial charge is 0.319 e. The summed E-state index contributed by atoms with van der Waals surface area (Å²) in [5, 5.41) is 13.6. The van der Waals surface area contributed by atoms with Crippen molar-refractivity contribution in [3.05, 3.63) is 24.0 Å². The monoisotopic (exact) mass is 388 g/mol. The van der Waals surface area contributed by atoms with Gasteiger partial charge in [0.05, 0.1) is 30.4 Å². The second-order valence-electron chi connectivity index (χ2n) is 6.43. The first kappa shape index (κ1) is 21.3. The fourth-order valence-corrected chi connectivity index (χ4v) is 2.75. The Hall–Kier alpha value is -2.97. The number of urea groups is 1. The summed E-state index contributed by atoms with van der Waals surface area (Å²) in [6, 6.07) is 1.56. The van der Waals surface area contributed by atoms with Crippen molar-refractivity contribution in [2.24, 2.45) is 0 Å². The summed E-state index contributed by atoms with van der Waals surface area (Å²) in [4.78, 5) is 27.1. The molecule has 2 amide bonds. The van der Waals surface area contributed by atoms with Crippen molar-refractivity contribution in [2.75, 3.05) is 19.0 Å². The molecule has 0 aliphatic carbocycles. The third-order valence-corrected chi connectivity index (χ3v) is 4.17. The van der Waals surface area contributed by atoms with Crippen LogP contribution in [-0.2, 0) is 16.1 Å². The van der Waals surface area contributed by atoms with Crippen LogP contribution in [0.2, 0.25) is 0 Å². The average Bonchev–Trinajstić information content (AvgIpc) is 3.13. The number of anilines is 1. The predicted molar refractivity (Wildman–Crippen MR) is 106 cm³/mol. The summed E-state index contributed by atoms with van der Waals surface area (Å²) in [7, 11) is 1.56. The molecule has 0 bridgehead atoms. The van der Waals surface area contributed by atoms with Gasteiger partial charge in [0.1, 0.15) is 5.69 Å². The molecular formula is C19H28N6O3. The van der Waals surface area contributed by atoms with Gasteiger partial charge in [0.15, 0.2) is 0 Å². The van der Waals surface area contributed by atoms with Crippen LogP contribution in [0.25, 0.3) is 11.4 Å². The van der Waals surface area contributed by atoms with Crippen molar-refractivity contribution in [1.29, 1.82) is 0 Å². The molecule has 152 valence electrons. The molecule has 0 aliphatic rings. The molecule has 2 aromatic rings. The van der Waals surface area contributed by atoms with Crippen LogP contribution in [-0.4, -0.2) is 45.6 Å². The van der Waals surface area contributed by atoms with E-state index in [-0.39, 0.29) is 12.0 Å². The van der Waals surface area contributed by atoms with Gasteiger partial charge in [0.25, 0.3) is 0 Å². The maximum atomic E-state index is 11.4. The first-order chi connectivity index (χ1) is 13.5. The minimum absolute atomic E-state index is 0.122. The van der Waals surface area contributed by atoms with E-state index in [2.05, 4.69) is 25.9 Å². The van der Waals surface area contributed by atoms with Crippen LogP contribution in [0.15, 0.2) is 18.5 Å². The molecule has 0 unspecified atom stereocenters. The van der Waals surface area contributed by atoms with Gasteiger partial charge < -0.3 is 15.4 Å². The summed E-state index contributed by atoms with van der Waals surface area (Å²) in [6.07, 6.45) is 7.78. The van der Waals surface area contributed by atoms with Crippen LogP contribution in [0, 0.1) is 6.92 Å². The van der Waals surface area contributed by atoms with Gasteiger partial charge in [-0.15, -0.1) is 5.10 Å². The number of amides is 2. The normalized spacial score (nSPS) is 10.5. The molecule has 0 aromatic carbocycles. The molecule has 0 saturated heterocycles. The number of unbranched alkanes of at least 4 members (excludes halogenated alkanes) is 3. The second-order valence-corrected chi connectivity index (χ2v) is 6.43. The fourth-order valence-electron chi connectivity index (χ4n) is 2.75. The minimum atomic E-state index is -0.290.